The fraction of sp³-hybridized carbons (Fsp3) is 0.333. The van der Waals surface area contributed by atoms with Gasteiger partial charge in [0.2, 0.25) is 0 Å². The van der Waals surface area contributed by atoms with Crippen LogP contribution in [-0.2, 0) is 0 Å². The largest absolute Gasteiger partial charge is 0.391 e. The zero-order valence-corrected chi connectivity index (χ0v) is 9.26. The highest BCUT2D eigenvalue weighted by molar-refractivity contribution is 5.89. The van der Waals surface area contributed by atoms with Crippen molar-refractivity contribution in [2.75, 3.05) is 18.4 Å². The monoisotopic (exact) mass is 231 g/mol. The zero-order valence-electron chi connectivity index (χ0n) is 9.26. The molecule has 0 saturated carbocycles. The summed E-state index contributed by atoms with van der Waals surface area (Å²) in [7, 11) is 0. The second-order valence-electron chi connectivity index (χ2n) is 4.01. The number of amides is 2. The number of urea groups is 1. The first kappa shape index (κ1) is 11.4. The van der Waals surface area contributed by atoms with Crippen LogP contribution < -0.4 is 5.32 Å². The molecule has 0 radical (unpaired) electrons. The second-order valence-corrected chi connectivity index (χ2v) is 4.01. The minimum Gasteiger partial charge on any atom is -0.391 e. The van der Waals surface area contributed by atoms with E-state index in [4.69, 9.17) is 5.26 Å². The first-order chi connectivity index (χ1) is 8.19. The van der Waals surface area contributed by atoms with Crippen LogP contribution in [0.15, 0.2) is 24.3 Å². The number of carbonyl (C=O) groups is 1. The average Bonchev–Trinajstić information content (AvgIpc) is 2.77. The minimum atomic E-state index is -0.415. The predicted octanol–water partition coefficient (Wildman–Crippen LogP) is 1.16. The summed E-state index contributed by atoms with van der Waals surface area (Å²) < 4.78 is 0. The van der Waals surface area contributed by atoms with Crippen molar-refractivity contribution in [1.82, 2.24) is 4.90 Å². The maximum atomic E-state index is 11.8. The minimum absolute atomic E-state index is 0.216. The fourth-order valence-electron chi connectivity index (χ4n) is 1.76. The molecule has 17 heavy (non-hydrogen) atoms. The fourth-order valence-corrected chi connectivity index (χ4v) is 1.76. The lowest BCUT2D eigenvalue weighted by molar-refractivity contribution is 0.176. The topological polar surface area (TPSA) is 76.4 Å². The third kappa shape index (κ3) is 2.74. The van der Waals surface area contributed by atoms with E-state index < -0.39 is 6.10 Å². The first-order valence-corrected chi connectivity index (χ1v) is 5.43. The van der Waals surface area contributed by atoms with Gasteiger partial charge in [-0.25, -0.2) is 4.79 Å². The van der Waals surface area contributed by atoms with Crippen LogP contribution in [0, 0.1) is 11.3 Å². The third-order valence-corrected chi connectivity index (χ3v) is 2.72. The van der Waals surface area contributed by atoms with Gasteiger partial charge in [0.1, 0.15) is 0 Å². The van der Waals surface area contributed by atoms with Gasteiger partial charge in [-0.2, -0.15) is 5.26 Å². The Kier molecular flexibility index (Phi) is 3.26. The van der Waals surface area contributed by atoms with Gasteiger partial charge in [0.25, 0.3) is 0 Å². The number of nitrogens with one attached hydrogen (secondary N) is 1. The van der Waals surface area contributed by atoms with E-state index in [2.05, 4.69) is 5.32 Å². The van der Waals surface area contributed by atoms with E-state index in [0.717, 1.165) is 0 Å². The summed E-state index contributed by atoms with van der Waals surface area (Å²) >= 11 is 0. The van der Waals surface area contributed by atoms with Gasteiger partial charge in [-0.05, 0) is 30.7 Å². The van der Waals surface area contributed by atoms with Gasteiger partial charge in [-0.1, -0.05) is 0 Å². The Bertz CT molecular complexity index is 450. The number of benzene rings is 1. The highest BCUT2D eigenvalue weighted by atomic mass is 16.3. The summed E-state index contributed by atoms with van der Waals surface area (Å²) in [4.78, 5) is 13.3. The molecule has 1 saturated heterocycles. The highest BCUT2D eigenvalue weighted by Crippen LogP contribution is 2.13. The summed E-state index contributed by atoms with van der Waals surface area (Å²) in [5.41, 5.74) is 1.20. The number of aliphatic hydroxyl groups is 1. The molecule has 88 valence electrons. The van der Waals surface area contributed by atoms with Crippen LogP contribution in [-0.4, -0.2) is 35.2 Å². The lowest BCUT2D eigenvalue weighted by Crippen LogP contribution is -2.33. The molecule has 0 aliphatic carbocycles. The molecule has 5 nitrogen and oxygen atoms in total. The molecule has 1 aromatic rings. The molecule has 2 N–H and O–H groups in total. The first-order valence-electron chi connectivity index (χ1n) is 5.43. The quantitative estimate of drug-likeness (QED) is 0.761. The van der Waals surface area contributed by atoms with E-state index in [1.54, 1.807) is 29.2 Å². The van der Waals surface area contributed by atoms with Crippen molar-refractivity contribution in [2.24, 2.45) is 0 Å². The van der Waals surface area contributed by atoms with Gasteiger partial charge in [0.05, 0.1) is 17.7 Å². The van der Waals surface area contributed by atoms with Crippen molar-refractivity contribution in [1.29, 1.82) is 5.26 Å². The number of anilines is 1. The molecule has 2 amide bonds. The number of aliphatic hydroxyl groups excluding tert-OH is 1. The Morgan fingerprint density at radius 2 is 2.18 bits per heavy atom. The van der Waals surface area contributed by atoms with Crippen molar-refractivity contribution >= 4 is 11.7 Å². The standard InChI is InChI=1S/C12H13N3O2/c13-7-9-1-3-10(4-2-9)14-12(17)15-6-5-11(16)8-15/h1-4,11,16H,5-6,8H2,(H,14,17). The normalized spacial score (nSPS) is 18.8. The van der Waals surface area contributed by atoms with Crippen molar-refractivity contribution < 1.29 is 9.90 Å². The number of nitriles is 1. The summed E-state index contributed by atoms with van der Waals surface area (Å²) in [5.74, 6) is 0. The Morgan fingerprint density at radius 3 is 2.71 bits per heavy atom. The van der Waals surface area contributed by atoms with Gasteiger partial charge in [-0.15, -0.1) is 0 Å². The molecule has 1 heterocycles. The van der Waals surface area contributed by atoms with E-state index in [1.165, 1.54) is 0 Å². The van der Waals surface area contributed by atoms with E-state index in [0.29, 0.717) is 30.8 Å². The van der Waals surface area contributed by atoms with Crippen molar-refractivity contribution in [3.8, 4) is 6.07 Å². The van der Waals surface area contributed by atoms with E-state index >= 15 is 0 Å². The van der Waals surface area contributed by atoms with E-state index in [1.807, 2.05) is 6.07 Å². The smallest absolute Gasteiger partial charge is 0.321 e. The number of hydrogen-bond acceptors (Lipinski definition) is 3. The van der Waals surface area contributed by atoms with Crippen molar-refractivity contribution in [2.45, 2.75) is 12.5 Å². The molecule has 0 spiro atoms. The molecule has 1 aliphatic heterocycles. The van der Waals surface area contributed by atoms with Crippen LogP contribution >= 0.6 is 0 Å². The third-order valence-electron chi connectivity index (χ3n) is 2.72. The number of likely N-dealkylation sites (tertiary alicyclic amines) is 1. The molecule has 1 atom stereocenters. The summed E-state index contributed by atoms with van der Waals surface area (Å²) in [6, 6.07) is 8.46. The maximum absolute atomic E-state index is 11.8. The predicted molar refractivity (Wildman–Crippen MR) is 62.4 cm³/mol. The average molecular weight is 231 g/mol. The zero-order chi connectivity index (χ0) is 12.3. The van der Waals surface area contributed by atoms with Crippen LogP contribution in [0.5, 0.6) is 0 Å². The molecule has 5 heteroatoms. The number of carbonyl (C=O) groups excluding carboxylic acids is 1. The number of rotatable bonds is 1. The highest BCUT2D eigenvalue weighted by Gasteiger charge is 2.24. The number of hydrogen-bond donors (Lipinski definition) is 2. The van der Waals surface area contributed by atoms with Gasteiger partial charge in [0.15, 0.2) is 0 Å². The molecular weight excluding hydrogens is 218 g/mol. The second kappa shape index (κ2) is 4.85. The lowest BCUT2D eigenvalue weighted by atomic mass is 10.2. The van der Waals surface area contributed by atoms with Crippen LogP contribution in [0.4, 0.5) is 10.5 Å². The number of nitrogens with zero attached hydrogens (tertiary/aromatic N) is 2. The summed E-state index contributed by atoms with van der Waals surface area (Å²) in [6.45, 7) is 0.950. The van der Waals surface area contributed by atoms with Crippen LogP contribution in [0.1, 0.15) is 12.0 Å². The Morgan fingerprint density at radius 1 is 1.47 bits per heavy atom. The summed E-state index contributed by atoms with van der Waals surface area (Å²) in [5, 5.41) is 20.7. The Hall–Kier alpha value is -2.06. The Labute approximate surface area is 99.3 Å². The molecule has 0 aromatic heterocycles. The molecule has 0 bridgehead atoms. The molecule has 1 aliphatic rings. The Balaban J connectivity index is 1.96. The van der Waals surface area contributed by atoms with E-state index in [9.17, 15) is 9.90 Å². The molecule has 2 rings (SSSR count). The molecule has 1 aromatic carbocycles. The van der Waals surface area contributed by atoms with E-state index in [-0.39, 0.29) is 6.03 Å². The molecular formula is C12H13N3O2. The van der Waals surface area contributed by atoms with Crippen molar-refractivity contribution in [3.63, 3.8) is 0 Å². The van der Waals surface area contributed by atoms with Gasteiger partial charge in [-0.3, -0.25) is 0 Å². The van der Waals surface area contributed by atoms with Gasteiger partial charge >= 0.3 is 6.03 Å². The van der Waals surface area contributed by atoms with Crippen LogP contribution in [0.25, 0.3) is 0 Å². The van der Waals surface area contributed by atoms with Gasteiger partial charge in [0, 0.05) is 18.8 Å². The summed E-state index contributed by atoms with van der Waals surface area (Å²) in [6.07, 6.45) is 0.211. The number of β-amino-alcohol motifs (C(OH)–C–C–N with tert-alkyl or cyclic N) is 1. The van der Waals surface area contributed by atoms with Crippen LogP contribution in [0.3, 0.4) is 0 Å². The van der Waals surface area contributed by atoms with Crippen LogP contribution in [0.2, 0.25) is 0 Å². The lowest BCUT2D eigenvalue weighted by Gasteiger charge is -2.16. The maximum Gasteiger partial charge on any atom is 0.321 e. The molecule has 1 unspecified atom stereocenters. The van der Waals surface area contributed by atoms with Gasteiger partial charge < -0.3 is 15.3 Å². The SMILES string of the molecule is N#Cc1ccc(NC(=O)N2CCC(O)C2)cc1. The molecule has 1 fully saturated rings. The van der Waals surface area contributed by atoms with Crippen molar-refractivity contribution in [3.05, 3.63) is 29.8 Å².